The third-order valence-corrected chi connectivity index (χ3v) is 6.00. The first-order chi connectivity index (χ1) is 15.5. The maximum Gasteiger partial charge on any atom is 0.344 e. The SMILES string of the molecule is CCOC(=O)COc1ccc([C@H]2[C@H]3CCCC=C3C(C#N)=C(N)C2(C#N)C#N)cc1OC. The molecule has 1 aromatic carbocycles. The molecule has 0 fully saturated rings. The van der Waals surface area contributed by atoms with E-state index in [0.29, 0.717) is 17.1 Å². The number of hydrogen-bond donors (Lipinski definition) is 1. The van der Waals surface area contributed by atoms with Gasteiger partial charge in [0.2, 0.25) is 0 Å². The predicted octanol–water partition coefficient (Wildman–Crippen LogP) is 3.23. The Hall–Kier alpha value is -3.96. The summed E-state index contributed by atoms with van der Waals surface area (Å²) in [5.41, 5.74) is 6.29. The van der Waals surface area contributed by atoms with Gasteiger partial charge in [-0.3, -0.25) is 0 Å². The van der Waals surface area contributed by atoms with Gasteiger partial charge in [0.05, 0.1) is 37.1 Å². The van der Waals surface area contributed by atoms with E-state index in [4.69, 9.17) is 19.9 Å². The molecule has 2 atom stereocenters. The first-order valence-corrected chi connectivity index (χ1v) is 10.4. The van der Waals surface area contributed by atoms with Crippen molar-refractivity contribution in [2.75, 3.05) is 20.3 Å². The molecule has 2 aliphatic rings. The fraction of sp³-hybridized carbons (Fsp3) is 0.417. The van der Waals surface area contributed by atoms with Gasteiger partial charge in [0.25, 0.3) is 0 Å². The molecule has 0 aromatic heterocycles. The topological polar surface area (TPSA) is 142 Å². The number of carbonyl (C=O) groups excluding carboxylic acids is 1. The van der Waals surface area contributed by atoms with Gasteiger partial charge in [-0.25, -0.2) is 4.79 Å². The second-order valence-electron chi connectivity index (χ2n) is 7.61. The molecule has 2 N–H and O–H groups in total. The number of nitrogens with two attached hydrogens (primary N) is 1. The highest BCUT2D eigenvalue weighted by Gasteiger charge is 2.53. The summed E-state index contributed by atoms with van der Waals surface area (Å²) in [4.78, 5) is 11.6. The average molecular weight is 432 g/mol. The van der Waals surface area contributed by atoms with Crippen LogP contribution in [0.3, 0.4) is 0 Å². The standard InChI is InChI=1S/C24H24N4O4/c1-3-31-21(29)12-32-19-9-8-15(10-20(19)30-2)22-17-7-5-4-6-16(17)18(11-25)23(28)24(22,13-26)14-27/h6,8-10,17,22H,3-5,7,12,28H2,1-2H3/t17-,22-/m0/s1. The maximum absolute atomic E-state index is 11.6. The van der Waals surface area contributed by atoms with Crippen molar-refractivity contribution in [1.29, 1.82) is 15.8 Å². The summed E-state index contributed by atoms with van der Waals surface area (Å²) in [7, 11) is 1.47. The van der Waals surface area contributed by atoms with Crippen molar-refractivity contribution in [2.24, 2.45) is 17.1 Å². The number of ether oxygens (including phenoxy) is 3. The van der Waals surface area contributed by atoms with Crippen LogP contribution in [0.4, 0.5) is 0 Å². The fourth-order valence-electron chi connectivity index (χ4n) is 4.59. The zero-order chi connectivity index (χ0) is 23.3. The Bertz CT molecular complexity index is 1090. The molecular weight excluding hydrogens is 408 g/mol. The minimum atomic E-state index is -1.69. The zero-order valence-electron chi connectivity index (χ0n) is 18.1. The zero-order valence-corrected chi connectivity index (χ0v) is 18.1. The minimum Gasteiger partial charge on any atom is -0.493 e. The number of rotatable bonds is 6. The molecule has 1 aromatic rings. The normalized spacial score (nSPS) is 21.2. The van der Waals surface area contributed by atoms with Crippen LogP contribution in [0.15, 0.2) is 41.1 Å². The molecule has 0 unspecified atom stereocenters. The fourth-order valence-corrected chi connectivity index (χ4v) is 4.59. The lowest BCUT2D eigenvalue weighted by atomic mass is 9.57. The molecule has 0 amide bonds. The van der Waals surface area contributed by atoms with Crippen LogP contribution in [0.2, 0.25) is 0 Å². The van der Waals surface area contributed by atoms with Crippen LogP contribution in [0.1, 0.15) is 37.7 Å². The minimum absolute atomic E-state index is 0.0130. The van der Waals surface area contributed by atoms with E-state index in [0.717, 1.165) is 24.8 Å². The average Bonchev–Trinajstić information content (AvgIpc) is 2.82. The van der Waals surface area contributed by atoms with Gasteiger partial charge >= 0.3 is 5.97 Å². The van der Waals surface area contributed by atoms with Crippen LogP contribution < -0.4 is 15.2 Å². The molecule has 0 saturated heterocycles. The second-order valence-corrected chi connectivity index (χ2v) is 7.61. The third kappa shape index (κ3) is 3.74. The molecule has 0 bridgehead atoms. The van der Waals surface area contributed by atoms with E-state index in [1.807, 2.05) is 6.08 Å². The van der Waals surface area contributed by atoms with E-state index in [1.54, 1.807) is 25.1 Å². The van der Waals surface area contributed by atoms with Crippen molar-refractivity contribution < 1.29 is 19.0 Å². The van der Waals surface area contributed by atoms with Gasteiger partial charge in [-0.1, -0.05) is 12.1 Å². The smallest absolute Gasteiger partial charge is 0.344 e. The van der Waals surface area contributed by atoms with Gasteiger partial charge in [0, 0.05) is 5.92 Å². The van der Waals surface area contributed by atoms with Crippen LogP contribution in [-0.4, -0.2) is 26.3 Å². The van der Waals surface area contributed by atoms with Crippen molar-refractivity contribution in [2.45, 2.75) is 32.1 Å². The molecule has 0 saturated carbocycles. The van der Waals surface area contributed by atoms with E-state index < -0.39 is 17.3 Å². The summed E-state index contributed by atoms with van der Waals surface area (Å²) in [6.07, 6.45) is 4.41. The van der Waals surface area contributed by atoms with Crippen molar-refractivity contribution in [3.8, 4) is 29.7 Å². The second kappa shape index (κ2) is 9.45. The summed E-state index contributed by atoms with van der Waals surface area (Å²) in [6, 6.07) is 11.4. The Labute approximate surface area is 187 Å². The number of hydrogen-bond acceptors (Lipinski definition) is 8. The number of esters is 1. The molecule has 8 heteroatoms. The van der Waals surface area contributed by atoms with Crippen LogP contribution in [0.25, 0.3) is 0 Å². The number of benzene rings is 1. The highest BCUT2D eigenvalue weighted by Crippen LogP contribution is 2.56. The Balaban J connectivity index is 2.10. The number of fused-ring (bicyclic) bond motifs is 1. The lowest BCUT2D eigenvalue weighted by molar-refractivity contribution is -0.145. The number of carbonyl (C=O) groups is 1. The largest absolute Gasteiger partial charge is 0.493 e. The maximum atomic E-state index is 11.6. The summed E-state index contributed by atoms with van der Waals surface area (Å²) < 4.78 is 15.9. The van der Waals surface area contributed by atoms with E-state index in [9.17, 15) is 20.6 Å². The molecule has 8 nitrogen and oxygen atoms in total. The van der Waals surface area contributed by atoms with Gasteiger partial charge in [-0.05, 0) is 55.4 Å². The van der Waals surface area contributed by atoms with Crippen molar-refractivity contribution in [1.82, 2.24) is 0 Å². The van der Waals surface area contributed by atoms with Crippen molar-refractivity contribution in [3.63, 3.8) is 0 Å². The van der Waals surface area contributed by atoms with Crippen molar-refractivity contribution >= 4 is 5.97 Å². The van der Waals surface area contributed by atoms with Crippen LogP contribution in [-0.2, 0) is 9.53 Å². The van der Waals surface area contributed by atoms with Crippen LogP contribution in [0.5, 0.6) is 11.5 Å². The Morgan fingerprint density at radius 2 is 2.00 bits per heavy atom. The highest BCUT2D eigenvalue weighted by molar-refractivity contribution is 5.71. The van der Waals surface area contributed by atoms with Crippen LogP contribution in [0, 0.1) is 45.3 Å². The molecule has 0 aliphatic heterocycles. The summed E-state index contributed by atoms with van der Waals surface area (Å²) in [6.45, 7) is 1.69. The van der Waals surface area contributed by atoms with Gasteiger partial charge in [-0.2, -0.15) is 15.8 Å². The molecule has 32 heavy (non-hydrogen) atoms. The third-order valence-electron chi connectivity index (χ3n) is 6.00. The monoisotopic (exact) mass is 432 g/mol. The Morgan fingerprint density at radius 3 is 2.62 bits per heavy atom. The summed E-state index contributed by atoms with van der Waals surface area (Å²) in [5.74, 6) is -0.611. The lowest BCUT2D eigenvalue weighted by Crippen LogP contribution is -2.42. The number of allylic oxidation sites excluding steroid dienone is 4. The summed E-state index contributed by atoms with van der Waals surface area (Å²) in [5, 5.41) is 29.9. The molecule has 0 heterocycles. The molecular formula is C24H24N4O4. The number of nitriles is 3. The van der Waals surface area contributed by atoms with E-state index >= 15 is 0 Å². The first-order valence-electron chi connectivity index (χ1n) is 10.4. The predicted molar refractivity (Wildman–Crippen MR) is 114 cm³/mol. The number of nitrogens with zero attached hydrogens (tertiary/aromatic N) is 3. The molecule has 2 aliphatic carbocycles. The Kier molecular flexibility index (Phi) is 6.71. The Morgan fingerprint density at radius 1 is 1.25 bits per heavy atom. The van der Waals surface area contributed by atoms with E-state index in [1.165, 1.54) is 7.11 Å². The van der Waals surface area contributed by atoms with E-state index in [2.05, 4.69) is 18.2 Å². The quantitative estimate of drug-likeness (QED) is 0.675. The van der Waals surface area contributed by atoms with E-state index in [-0.39, 0.29) is 30.4 Å². The molecule has 164 valence electrons. The van der Waals surface area contributed by atoms with Gasteiger partial charge < -0.3 is 19.9 Å². The molecule has 0 radical (unpaired) electrons. The highest BCUT2D eigenvalue weighted by atomic mass is 16.6. The summed E-state index contributed by atoms with van der Waals surface area (Å²) >= 11 is 0. The first kappa shape index (κ1) is 22.7. The lowest BCUT2D eigenvalue weighted by Gasteiger charge is -2.43. The number of methoxy groups -OCH3 is 1. The van der Waals surface area contributed by atoms with Gasteiger partial charge in [0.15, 0.2) is 23.5 Å². The van der Waals surface area contributed by atoms with Gasteiger partial charge in [-0.15, -0.1) is 0 Å². The van der Waals surface area contributed by atoms with Gasteiger partial charge in [0.1, 0.15) is 6.07 Å². The van der Waals surface area contributed by atoms with Crippen molar-refractivity contribution in [3.05, 3.63) is 46.7 Å². The molecule has 0 spiro atoms. The van der Waals surface area contributed by atoms with Crippen LogP contribution >= 0.6 is 0 Å². The molecule has 3 rings (SSSR count).